The molecular weight excluding hydrogens is 308 g/mol. The zero-order valence-corrected chi connectivity index (χ0v) is 14.5. The van der Waals surface area contributed by atoms with Crippen LogP contribution in [0.15, 0.2) is 23.1 Å². The van der Waals surface area contributed by atoms with Crippen molar-refractivity contribution in [3.8, 4) is 0 Å². The molecule has 1 fully saturated rings. The SMILES string of the molecule is CC1CCN(CCNC(=O)c2cccc3c2SCCC3=O)CC1. The molecule has 0 saturated carbocycles. The minimum Gasteiger partial charge on any atom is -0.351 e. The number of benzene rings is 1. The van der Waals surface area contributed by atoms with Gasteiger partial charge in [-0.3, -0.25) is 9.59 Å². The molecule has 1 saturated heterocycles. The van der Waals surface area contributed by atoms with E-state index in [0.717, 1.165) is 36.2 Å². The van der Waals surface area contributed by atoms with Gasteiger partial charge in [0.15, 0.2) is 5.78 Å². The number of thioether (sulfide) groups is 1. The van der Waals surface area contributed by atoms with Gasteiger partial charge in [0.1, 0.15) is 0 Å². The maximum absolute atomic E-state index is 12.5. The molecule has 0 unspecified atom stereocenters. The first-order valence-corrected chi connectivity index (χ1v) is 9.43. The van der Waals surface area contributed by atoms with Gasteiger partial charge in [-0.2, -0.15) is 0 Å². The van der Waals surface area contributed by atoms with Gasteiger partial charge < -0.3 is 10.2 Å². The van der Waals surface area contributed by atoms with Crippen molar-refractivity contribution in [2.24, 2.45) is 5.92 Å². The van der Waals surface area contributed by atoms with E-state index in [1.165, 1.54) is 12.8 Å². The van der Waals surface area contributed by atoms with E-state index in [0.29, 0.717) is 24.1 Å². The lowest BCUT2D eigenvalue weighted by Gasteiger charge is -2.30. The van der Waals surface area contributed by atoms with Crippen molar-refractivity contribution in [2.45, 2.75) is 31.1 Å². The summed E-state index contributed by atoms with van der Waals surface area (Å²) in [5, 5.41) is 3.02. The lowest BCUT2D eigenvalue weighted by molar-refractivity contribution is 0.0941. The van der Waals surface area contributed by atoms with Crippen LogP contribution >= 0.6 is 11.8 Å². The highest BCUT2D eigenvalue weighted by atomic mass is 32.2. The smallest absolute Gasteiger partial charge is 0.252 e. The first kappa shape index (κ1) is 16.5. The van der Waals surface area contributed by atoms with Crippen LogP contribution in [0.5, 0.6) is 0 Å². The van der Waals surface area contributed by atoms with Crippen LogP contribution in [0.3, 0.4) is 0 Å². The largest absolute Gasteiger partial charge is 0.351 e. The molecule has 1 aromatic rings. The highest BCUT2D eigenvalue weighted by molar-refractivity contribution is 7.99. The predicted molar refractivity (Wildman–Crippen MR) is 93.3 cm³/mol. The van der Waals surface area contributed by atoms with E-state index < -0.39 is 0 Å². The van der Waals surface area contributed by atoms with Crippen LogP contribution in [0, 0.1) is 5.92 Å². The molecule has 23 heavy (non-hydrogen) atoms. The Kier molecular flexibility index (Phi) is 5.38. The van der Waals surface area contributed by atoms with Crippen LogP contribution < -0.4 is 5.32 Å². The summed E-state index contributed by atoms with van der Waals surface area (Å²) in [7, 11) is 0. The Morgan fingerprint density at radius 1 is 1.35 bits per heavy atom. The van der Waals surface area contributed by atoms with Crippen LogP contribution in [-0.4, -0.2) is 48.5 Å². The van der Waals surface area contributed by atoms with E-state index >= 15 is 0 Å². The van der Waals surface area contributed by atoms with Crippen LogP contribution in [0.4, 0.5) is 0 Å². The minimum absolute atomic E-state index is 0.0607. The standard InChI is InChI=1S/C18H24N2O2S/c1-13-5-9-20(10-6-13)11-8-19-18(22)15-4-2-3-14-16(21)7-12-23-17(14)15/h2-4,13H,5-12H2,1H3,(H,19,22). The van der Waals surface area contributed by atoms with Gasteiger partial charge in [0, 0.05) is 35.7 Å². The van der Waals surface area contributed by atoms with Gasteiger partial charge in [-0.25, -0.2) is 0 Å². The number of nitrogens with one attached hydrogen (secondary N) is 1. The molecule has 1 N–H and O–H groups in total. The molecule has 124 valence electrons. The fourth-order valence-corrected chi connectivity index (χ4v) is 4.33. The summed E-state index contributed by atoms with van der Waals surface area (Å²) in [5.41, 5.74) is 1.35. The lowest BCUT2D eigenvalue weighted by atomic mass is 9.99. The van der Waals surface area contributed by atoms with E-state index in [1.54, 1.807) is 11.8 Å². The molecule has 0 aromatic heterocycles. The average molecular weight is 332 g/mol. The average Bonchev–Trinajstić information content (AvgIpc) is 2.56. The minimum atomic E-state index is -0.0607. The number of hydrogen-bond acceptors (Lipinski definition) is 4. The summed E-state index contributed by atoms with van der Waals surface area (Å²) in [4.78, 5) is 27.7. The number of fused-ring (bicyclic) bond motifs is 1. The molecule has 0 aliphatic carbocycles. The fraction of sp³-hybridized carbons (Fsp3) is 0.556. The number of rotatable bonds is 4. The van der Waals surface area contributed by atoms with Gasteiger partial charge in [-0.15, -0.1) is 11.8 Å². The Labute approximate surface area is 142 Å². The number of Topliss-reactive ketones (excluding diaryl/α,β-unsaturated/α-hetero) is 1. The third kappa shape index (κ3) is 3.96. The Balaban J connectivity index is 1.57. The molecule has 3 rings (SSSR count). The number of amides is 1. The molecule has 2 aliphatic rings. The monoisotopic (exact) mass is 332 g/mol. The molecule has 2 aliphatic heterocycles. The Morgan fingerprint density at radius 3 is 2.91 bits per heavy atom. The summed E-state index contributed by atoms with van der Waals surface area (Å²) in [6.45, 7) is 6.12. The maximum Gasteiger partial charge on any atom is 0.252 e. The number of piperidine rings is 1. The summed E-state index contributed by atoms with van der Waals surface area (Å²) in [6, 6.07) is 5.46. The molecule has 0 atom stereocenters. The molecular formula is C18H24N2O2S. The van der Waals surface area contributed by atoms with Crippen molar-refractivity contribution < 1.29 is 9.59 Å². The van der Waals surface area contributed by atoms with E-state index in [9.17, 15) is 9.59 Å². The second kappa shape index (κ2) is 7.49. The van der Waals surface area contributed by atoms with Gasteiger partial charge in [0.25, 0.3) is 5.91 Å². The highest BCUT2D eigenvalue weighted by Crippen LogP contribution is 2.32. The Hall–Kier alpha value is -1.33. The number of carbonyl (C=O) groups excluding carboxylic acids is 2. The summed E-state index contributed by atoms with van der Waals surface area (Å²) in [5.74, 6) is 1.68. The van der Waals surface area contributed by atoms with Crippen molar-refractivity contribution in [3.05, 3.63) is 29.3 Å². The third-order valence-electron chi connectivity index (χ3n) is 4.73. The van der Waals surface area contributed by atoms with Crippen LogP contribution in [-0.2, 0) is 0 Å². The molecule has 1 aromatic carbocycles. The van der Waals surface area contributed by atoms with Gasteiger partial charge >= 0.3 is 0 Å². The van der Waals surface area contributed by atoms with Crippen LogP contribution in [0.2, 0.25) is 0 Å². The maximum atomic E-state index is 12.5. The molecule has 4 nitrogen and oxygen atoms in total. The first-order valence-electron chi connectivity index (χ1n) is 8.44. The number of likely N-dealkylation sites (tertiary alicyclic amines) is 1. The number of hydrogen-bond donors (Lipinski definition) is 1. The molecule has 1 amide bonds. The summed E-state index contributed by atoms with van der Waals surface area (Å²) < 4.78 is 0. The van der Waals surface area contributed by atoms with Crippen LogP contribution in [0.25, 0.3) is 0 Å². The zero-order chi connectivity index (χ0) is 16.2. The van der Waals surface area contributed by atoms with Crippen molar-refractivity contribution in [1.82, 2.24) is 10.2 Å². The summed E-state index contributed by atoms with van der Waals surface area (Å²) in [6.07, 6.45) is 3.06. The van der Waals surface area contributed by atoms with Crippen molar-refractivity contribution in [3.63, 3.8) is 0 Å². The zero-order valence-electron chi connectivity index (χ0n) is 13.6. The van der Waals surface area contributed by atoms with Crippen LogP contribution in [0.1, 0.15) is 46.9 Å². The van der Waals surface area contributed by atoms with Crippen molar-refractivity contribution >= 4 is 23.5 Å². The Morgan fingerprint density at radius 2 is 2.13 bits per heavy atom. The van der Waals surface area contributed by atoms with Gasteiger partial charge in [0.2, 0.25) is 0 Å². The molecule has 0 radical (unpaired) electrons. The molecule has 0 bridgehead atoms. The van der Waals surface area contributed by atoms with E-state index in [1.807, 2.05) is 18.2 Å². The van der Waals surface area contributed by atoms with Gasteiger partial charge in [-0.05, 0) is 37.9 Å². The lowest BCUT2D eigenvalue weighted by Crippen LogP contribution is -2.39. The number of carbonyl (C=O) groups is 2. The van der Waals surface area contributed by atoms with E-state index in [-0.39, 0.29) is 11.7 Å². The second-order valence-electron chi connectivity index (χ2n) is 6.48. The van der Waals surface area contributed by atoms with Gasteiger partial charge in [-0.1, -0.05) is 19.1 Å². The fourth-order valence-electron chi connectivity index (χ4n) is 3.18. The first-order chi connectivity index (χ1) is 11.1. The molecule has 5 heteroatoms. The molecule has 0 spiro atoms. The summed E-state index contributed by atoms with van der Waals surface area (Å²) >= 11 is 1.62. The number of nitrogens with zero attached hydrogens (tertiary/aromatic N) is 1. The quantitative estimate of drug-likeness (QED) is 0.921. The highest BCUT2D eigenvalue weighted by Gasteiger charge is 2.23. The topological polar surface area (TPSA) is 49.4 Å². The molecule has 2 heterocycles. The van der Waals surface area contributed by atoms with Crippen molar-refractivity contribution in [2.75, 3.05) is 31.9 Å². The van der Waals surface area contributed by atoms with E-state index in [2.05, 4.69) is 17.1 Å². The Bertz CT molecular complexity index is 595. The van der Waals surface area contributed by atoms with Gasteiger partial charge in [0.05, 0.1) is 5.56 Å². The predicted octanol–water partition coefficient (Wildman–Crippen LogP) is 2.83. The normalized spacial score (nSPS) is 19.4. The number of ketones is 1. The second-order valence-corrected chi connectivity index (χ2v) is 7.59. The van der Waals surface area contributed by atoms with Crippen molar-refractivity contribution in [1.29, 1.82) is 0 Å². The van der Waals surface area contributed by atoms with E-state index in [4.69, 9.17) is 0 Å². The third-order valence-corrected chi connectivity index (χ3v) is 5.86.